The largest absolute Gasteiger partial charge is 0.494 e. The molecule has 0 spiro atoms. The normalized spacial score (nSPS) is 19.8. The van der Waals surface area contributed by atoms with E-state index in [4.69, 9.17) is 9.47 Å². The predicted molar refractivity (Wildman–Crippen MR) is 68.2 cm³/mol. The van der Waals surface area contributed by atoms with Crippen LogP contribution in [0.15, 0.2) is 18.2 Å². The van der Waals surface area contributed by atoms with E-state index in [0.29, 0.717) is 23.8 Å². The van der Waals surface area contributed by atoms with Crippen LogP contribution in [0.2, 0.25) is 0 Å². The van der Waals surface area contributed by atoms with Crippen molar-refractivity contribution in [3.63, 3.8) is 0 Å². The summed E-state index contributed by atoms with van der Waals surface area (Å²) in [4.78, 5) is 0. The van der Waals surface area contributed by atoms with Gasteiger partial charge in [0, 0.05) is 25.3 Å². The summed E-state index contributed by atoms with van der Waals surface area (Å²) in [5.41, 5.74) is 0.645. The molecular weight excluding hydrogens is 233 g/mol. The molecule has 100 valence electrons. The maximum absolute atomic E-state index is 13.8. The average molecular weight is 253 g/mol. The van der Waals surface area contributed by atoms with Gasteiger partial charge in [0.2, 0.25) is 0 Å². The molecule has 1 saturated heterocycles. The van der Waals surface area contributed by atoms with Crippen LogP contribution >= 0.6 is 0 Å². The zero-order chi connectivity index (χ0) is 12.8. The van der Waals surface area contributed by atoms with E-state index in [9.17, 15) is 4.39 Å². The van der Waals surface area contributed by atoms with Crippen LogP contribution < -0.4 is 10.1 Å². The van der Waals surface area contributed by atoms with Gasteiger partial charge in [0.25, 0.3) is 0 Å². The smallest absolute Gasteiger partial charge is 0.169 e. The second kappa shape index (κ2) is 6.71. The van der Waals surface area contributed by atoms with Gasteiger partial charge in [0.15, 0.2) is 11.6 Å². The van der Waals surface area contributed by atoms with Crippen molar-refractivity contribution >= 4 is 0 Å². The van der Waals surface area contributed by atoms with Gasteiger partial charge >= 0.3 is 0 Å². The number of benzene rings is 1. The lowest BCUT2D eigenvalue weighted by Crippen LogP contribution is -2.29. The molecule has 18 heavy (non-hydrogen) atoms. The summed E-state index contributed by atoms with van der Waals surface area (Å²) in [5, 5.41) is 3.29. The first-order valence-corrected chi connectivity index (χ1v) is 6.41. The first-order chi connectivity index (χ1) is 8.81. The molecule has 1 aromatic rings. The maximum Gasteiger partial charge on any atom is 0.169 e. The lowest BCUT2D eigenvalue weighted by atomic mass is 10.0. The average Bonchev–Trinajstić information content (AvgIpc) is 2.42. The van der Waals surface area contributed by atoms with Crippen LogP contribution in [-0.4, -0.2) is 26.9 Å². The van der Waals surface area contributed by atoms with Gasteiger partial charge in [0.05, 0.1) is 13.7 Å². The predicted octanol–water partition coefficient (Wildman–Crippen LogP) is 2.35. The van der Waals surface area contributed by atoms with E-state index in [1.165, 1.54) is 13.5 Å². The Morgan fingerprint density at radius 3 is 3.11 bits per heavy atom. The Kier molecular flexibility index (Phi) is 4.96. The first kappa shape index (κ1) is 13.3. The fraction of sp³-hybridized carbons (Fsp3) is 0.571. The molecular formula is C14H20FNO2. The Labute approximate surface area is 107 Å². The Hall–Kier alpha value is -1.13. The van der Waals surface area contributed by atoms with E-state index >= 15 is 0 Å². The Bertz CT molecular complexity index is 378. The van der Waals surface area contributed by atoms with E-state index in [0.717, 1.165) is 26.2 Å². The van der Waals surface area contributed by atoms with Crippen molar-refractivity contribution in [2.45, 2.75) is 19.4 Å². The van der Waals surface area contributed by atoms with Gasteiger partial charge in [-0.15, -0.1) is 0 Å². The minimum Gasteiger partial charge on any atom is -0.494 e. The van der Waals surface area contributed by atoms with Crippen LogP contribution in [0, 0.1) is 11.7 Å². The molecule has 0 aliphatic carbocycles. The molecule has 1 atom stereocenters. The standard InChI is InChI=1S/C14H20FNO2/c1-17-13-6-2-5-12(14(13)15)9-16-8-11-4-3-7-18-10-11/h2,5-6,11,16H,3-4,7-10H2,1H3. The van der Waals surface area contributed by atoms with Crippen molar-refractivity contribution < 1.29 is 13.9 Å². The van der Waals surface area contributed by atoms with E-state index in [1.807, 2.05) is 6.07 Å². The minimum atomic E-state index is -0.271. The van der Waals surface area contributed by atoms with Crippen LogP contribution in [0.5, 0.6) is 5.75 Å². The summed E-state index contributed by atoms with van der Waals surface area (Å²) in [7, 11) is 1.48. The molecule has 0 bridgehead atoms. The molecule has 1 aliphatic heterocycles. The molecule has 1 heterocycles. The molecule has 1 aliphatic rings. The fourth-order valence-corrected chi connectivity index (χ4v) is 2.23. The quantitative estimate of drug-likeness (QED) is 0.873. The third-order valence-electron chi connectivity index (χ3n) is 3.27. The number of nitrogens with one attached hydrogen (secondary N) is 1. The molecule has 0 saturated carbocycles. The Morgan fingerprint density at radius 1 is 1.50 bits per heavy atom. The van der Waals surface area contributed by atoms with Gasteiger partial charge in [-0.2, -0.15) is 0 Å². The molecule has 2 rings (SSSR count). The van der Waals surface area contributed by atoms with Gasteiger partial charge in [-0.3, -0.25) is 0 Å². The van der Waals surface area contributed by atoms with Crippen LogP contribution in [0.25, 0.3) is 0 Å². The number of methoxy groups -OCH3 is 1. The van der Waals surface area contributed by atoms with Crippen molar-refractivity contribution in [1.82, 2.24) is 5.32 Å². The molecule has 1 unspecified atom stereocenters. The van der Waals surface area contributed by atoms with E-state index in [-0.39, 0.29) is 5.82 Å². The van der Waals surface area contributed by atoms with Crippen LogP contribution in [0.1, 0.15) is 18.4 Å². The van der Waals surface area contributed by atoms with Crippen molar-refractivity contribution in [3.05, 3.63) is 29.6 Å². The number of hydrogen-bond donors (Lipinski definition) is 1. The van der Waals surface area contributed by atoms with Crippen LogP contribution in [0.4, 0.5) is 4.39 Å². The monoisotopic (exact) mass is 253 g/mol. The highest BCUT2D eigenvalue weighted by Crippen LogP contribution is 2.20. The topological polar surface area (TPSA) is 30.5 Å². The third kappa shape index (κ3) is 3.43. The van der Waals surface area contributed by atoms with Crippen molar-refractivity contribution in [2.24, 2.45) is 5.92 Å². The van der Waals surface area contributed by atoms with Gasteiger partial charge in [-0.1, -0.05) is 12.1 Å². The van der Waals surface area contributed by atoms with Gasteiger partial charge in [-0.25, -0.2) is 4.39 Å². The lowest BCUT2D eigenvalue weighted by molar-refractivity contribution is 0.0547. The Balaban J connectivity index is 1.82. The molecule has 1 aromatic carbocycles. The molecule has 3 nitrogen and oxygen atoms in total. The van der Waals surface area contributed by atoms with Crippen molar-refractivity contribution in [1.29, 1.82) is 0 Å². The molecule has 0 radical (unpaired) electrons. The minimum absolute atomic E-state index is 0.271. The number of ether oxygens (including phenoxy) is 2. The second-order valence-electron chi connectivity index (χ2n) is 4.65. The van der Waals surface area contributed by atoms with E-state index in [1.54, 1.807) is 12.1 Å². The lowest BCUT2D eigenvalue weighted by Gasteiger charge is -2.22. The molecule has 1 N–H and O–H groups in total. The summed E-state index contributed by atoms with van der Waals surface area (Å²) in [6.45, 7) is 3.09. The van der Waals surface area contributed by atoms with Crippen LogP contribution in [-0.2, 0) is 11.3 Å². The number of hydrogen-bond acceptors (Lipinski definition) is 3. The van der Waals surface area contributed by atoms with Crippen molar-refractivity contribution in [3.8, 4) is 5.75 Å². The maximum atomic E-state index is 13.8. The summed E-state index contributed by atoms with van der Waals surface area (Å²) >= 11 is 0. The van der Waals surface area contributed by atoms with Gasteiger partial charge in [-0.05, 0) is 24.8 Å². The highest BCUT2D eigenvalue weighted by Gasteiger charge is 2.14. The Morgan fingerprint density at radius 2 is 2.39 bits per heavy atom. The first-order valence-electron chi connectivity index (χ1n) is 6.41. The summed E-state index contributed by atoms with van der Waals surface area (Å²) in [5.74, 6) is 0.579. The fourth-order valence-electron chi connectivity index (χ4n) is 2.23. The number of rotatable bonds is 5. The van der Waals surface area contributed by atoms with Crippen molar-refractivity contribution in [2.75, 3.05) is 26.9 Å². The molecule has 0 amide bonds. The SMILES string of the molecule is COc1cccc(CNCC2CCCOC2)c1F. The van der Waals surface area contributed by atoms with Gasteiger partial charge < -0.3 is 14.8 Å². The summed E-state index contributed by atoms with van der Waals surface area (Å²) in [6.07, 6.45) is 2.31. The number of halogens is 1. The summed E-state index contributed by atoms with van der Waals surface area (Å²) < 4.78 is 24.2. The summed E-state index contributed by atoms with van der Waals surface area (Å²) in [6, 6.07) is 5.22. The third-order valence-corrected chi connectivity index (χ3v) is 3.27. The van der Waals surface area contributed by atoms with E-state index in [2.05, 4.69) is 5.32 Å². The van der Waals surface area contributed by atoms with Crippen LogP contribution in [0.3, 0.4) is 0 Å². The van der Waals surface area contributed by atoms with E-state index < -0.39 is 0 Å². The highest BCUT2D eigenvalue weighted by molar-refractivity contribution is 5.30. The van der Waals surface area contributed by atoms with Gasteiger partial charge in [0.1, 0.15) is 0 Å². The molecule has 4 heteroatoms. The molecule has 0 aromatic heterocycles. The second-order valence-corrected chi connectivity index (χ2v) is 4.65. The zero-order valence-corrected chi connectivity index (χ0v) is 10.7. The zero-order valence-electron chi connectivity index (χ0n) is 10.7. The highest BCUT2D eigenvalue weighted by atomic mass is 19.1. The molecule has 1 fully saturated rings.